The van der Waals surface area contributed by atoms with Crippen LogP contribution in [0.4, 0.5) is 0 Å². The largest absolute Gasteiger partial charge is 0.480 e. The number of hydrogen-bond donors (Lipinski definition) is 4. The van der Waals surface area contributed by atoms with Crippen molar-refractivity contribution in [3.05, 3.63) is 11.9 Å². The highest BCUT2D eigenvalue weighted by molar-refractivity contribution is 9.09. The highest BCUT2D eigenvalue weighted by Gasteiger charge is 2.11. The Balaban J connectivity index is 1.71. The van der Waals surface area contributed by atoms with Gasteiger partial charge in [-0.1, -0.05) is 21.1 Å². The summed E-state index contributed by atoms with van der Waals surface area (Å²) in [5, 5.41) is 22.7. The van der Waals surface area contributed by atoms with Crippen molar-refractivity contribution in [2.45, 2.75) is 44.7 Å². The molecule has 1 aromatic rings. The molecule has 0 saturated heterocycles. The fourth-order valence-corrected chi connectivity index (χ4v) is 4.70. The van der Waals surface area contributed by atoms with Crippen molar-refractivity contribution in [3.8, 4) is 0 Å². The SMILES string of the molecule is N[C@@H](CCCCNC(=O)CCc1cn(CCOCCOCCOCCOCCOCCOCCOCCOCCOCCOCCOCCNC(=O)CBr)nn1)C(=O)O. The van der Waals surface area contributed by atoms with Crippen LogP contribution in [0.5, 0.6) is 0 Å². The van der Waals surface area contributed by atoms with Crippen molar-refractivity contribution in [1.29, 1.82) is 0 Å². The van der Waals surface area contributed by atoms with Crippen LogP contribution in [0.15, 0.2) is 6.20 Å². The Bertz CT molecular complexity index is 1130. The van der Waals surface area contributed by atoms with Gasteiger partial charge in [-0.25, -0.2) is 4.68 Å². The van der Waals surface area contributed by atoms with Gasteiger partial charge in [-0.05, 0) is 19.3 Å². The van der Waals surface area contributed by atoms with Gasteiger partial charge in [0.25, 0.3) is 0 Å². The first-order valence-corrected chi connectivity index (χ1v) is 21.4. The van der Waals surface area contributed by atoms with E-state index in [0.717, 1.165) is 5.69 Å². The summed E-state index contributed by atoms with van der Waals surface area (Å²) in [5.74, 6) is -1.17. The molecule has 0 radical (unpaired) electrons. The van der Waals surface area contributed by atoms with Crippen LogP contribution < -0.4 is 16.4 Å². The number of carbonyl (C=O) groups excluding carboxylic acids is 2. The lowest BCUT2D eigenvalue weighted by atomic mass is 10.1. The van der Waals surface area contributed by atoms with Gasteiger partial charge in [0.05, 0.1) is 163 Å². The average Bonchev–Trinajstić information content (AvgIpc) is 3.69. The normalized spacial score (nSPS) is 11.9. The number of aliphatic carboxylic acids is 1. The molecule has 0 aromatic carbocycles. The van der Waals surface area contributed by atoms with Gasteiger partial charge in [0, 0.05) is 32.1 Å². The molecule has 0 spiro atoms. The molecule has 0 aliphatic heterocycles. The molecule has 1 aromatic heterocycles. The number of hydrogen-bond acceptors (Lipinski definition) is 17. The number of unbranched alkanes of at least 4 members (excludes halogenated alkanes) is 1. The quantitative estimate of drug-likeness (QED) is 0.0480. The van der Waals surface area contributed by atoms with E-state index >= 15 is 0 Å². The van der Waals surface area contributed by atoms with Gasteiger partial charge in [-0.15, -0.1) is 5.10 Å². The van der Waals surface area contributed by atoms with E-state index in [9.17, 15) is 14.4 Å². The minimum Gasteiger partial charge on any atom is -0.480 e. The second-order valence-corrected chi connectivity index (χ2v) is 13.0. The molecule has 0 unspecified atom stereocenters. The van der Waals surface area contributed by atoms with Crippen LogP contribution >= 0.6 is 15.9 Å². The second kappa shape index (κ2) is 42.2. The van der Waals surface area contributed by atoms with Crippen LogP contribution in [0.25, 0.3) is 0 Å². The molecule has 344 valence electrons. The third-order valence-electron chi connectivity index (χ3n) is 7.65. The third kappa shape index (κ3) is 38.2. The number of amides is 2. The molecule has 0 aliphatic rings. The number of nitrogens with two attached hydrogens (primary N) is 1. The third-order valence-corrected chi connectivity index (χ3v) is 8.16. The molecule has 1 rings (SSSR count). The van der Waals surface area contributed by atoms with Crippen molar-refractivity contribution in [2.75, 3.05) is 164 Å². The Kier molecular flexibility index (Phi) is 39.1. The second-order valence-electron chi connectivity index (χ2n) is 12.5. The average molecular weight is 918 g/mol. The number of nitrogens with one attached hydrogen (secondary N) is 2. The van der Waals surface area contributed by atoms with Crippen molar-refractivity contribution in [2.24, 2.45) is 5.73 Å². The van der Waals surface area contributed by atoms with Crippen LogP contribution in [0, 0.1) is 0 Å². The molecule has 5 N–H and O–H groups in total. The van der Waals surface area contributed by atoms with Crippen molar-refractivity contribution in [1.82, 2.24) is 25.6 Å². The molecule has 2 amide bonds. The topological polar surface area (TPSA) is 254 Å². The predicted octanol–water partition coefficient (Wildman–Crippen LogP) is -0.397. The van der Waals surface area contributed by atoms with Crippen molar-refractivity contribution in [3.63, 3.8) is 0 Å². The maximum atomic E-state index is 12.0. The first-order chi connectivity index (χ1) is 28.9. The lowest BCUT2D eigenvalue weighted by Crippen LogP contribution is -2.30. The molecule has 59 heavy (non-hydrogen) atoms. The van der Waals surface area contributed by atoms with Crippen molar-refractivity contribution < 1.29 is 71.6 Å². The van der Waals surface area contributed by atoms with E-state index in [0.29, 0.717) is 197 Å². The summed E-state index contributed by atoms with van der Waals surface area (Å²) in [5.41, 5.74) is 6.19. The zero-order valence-corrected chi connectivity index (χ0v) is 36.1. The van der Waals surface area contributed by atoms with Crippen LogP contribution in [-0.2, 0) is 79.5 Å². The molecule has 1 heterocycles. The molecular formula is C37H69BrN6O15. The van der Waals surface area contributed by atoms with E-state index in [2.05, 4.69) is 36.9 Å². The first kappa shape index (κ1) is 54.6. The van der Waals surface area contributed by atoms with E-state index in [1.165, 1.54) is 0 Å². The molecule has 0 saturated carbocycles. The summed E-state index contributed by atoms with van der Waals surface area (Å²) in [7, 11) is 0. The summed E-state index contributed by atoms with van der Waals surface area (Å²) >= 11 is 3.08. The van der Waals surface area contributed by atoms with E-state index < -0.39 is 12.0 Å². The van der Waals surface area contributed by atoms with E-state index in [1.54, 1.807) is 10.9 Å². The molecule has 0 fully saturated rings. The number of carboxylic acids is 1. The number of aryl methyl sites for hydroxylation is 1. The molecule has 1 atom stereocenters. The first-order valence-electron chi connectivity index (χ1n) is 20.2. The van der Waals surface area contributed by atoms with Gasteiger partial charge in [0.2, 0.25) is 11.8 Å². The summed E-state index contributed by atoms with van der Waals surface area (Å²) in [6, 6.07) is -0.862. The fraction of sp³-hybridized carbons (Fsp3) is 0.865. The highest BCUT2D eigenvalue weighted by atomic mass is 79.9. The Morgan fingerprint density at radius 1 is 0.593 bits per heavy atom. The van der Waals surface area contributed by atoms with E-state index in [4.69, 9.17) is 62.9 Å². The Hall–Kier alpha value is -2.45. The highest BCUT2D eigenvalue weighted by Crippen LogP contribution is 2.01. The van der Waals surface area contributed by atoms with Gasteiger partial charge in [0.1, 0.15) is 6.04 Å². The Labute approximate surface area is 356 Å². The number of alkyl halides is 1. The maximum Gasteiger partial charge on any atom is 0.320 e. The predicted molar refractivity (Wildman–Crippen MR) is 217 cm³/mol. The molecule has 0 bridgehead atoms. The summed E-state index contributed by atoms with van der Waals surface area (Å²) in [6.45, 7) is 11.8. The van der Waals surface area contributed by atoms with Crippen molar-refractivity contribution >= 4 is 33.7 Å². The summed E-state index contributed by atoms with van der Waals surface area (Å²) in [4.78, 5) is 33.8. The minimum absolute atomic E-state index is 0.0643. The summed E-state index contributed by atoms with van der Waals surface area (Å²) in [6.07, 6.45) is 4.26. The molecular weight excluding hydrogens is 848 g/mol. The monoisotopic (exact) mass is 916 g/mol. The number of carboxylic acid groups (broad SMARTS) is 1. The smallest absolute Gasteiger partial charge is 0.320 e. The number of carbonyl (C=O) groups is 3. The lowest BCUT2D eigenvalue weighted by Gasteiger charge is -2.09. The fourth-order valence-electron chi connectivity index (χ4n) is 4.50. The number of nitrogens with zero attached hydrogens (tertiary/aromatic N) is 3. The van der Waals surface area contributed by atoms with Crippen LogP contribution in [0.2, 0.25) is 0 Å². The van der Waals surface area contributed by atoms with E-state index in [-0.39, 0.29) is 17.1 Å². The number of halogens is 1. The Morgan fingerprint density at radius 2 is 0.983 bits per heavy atom. The number of ether oxygens (including phenoxy) is 11. The number of aromatic nitrogens is 3. The van der Waals surface area contributed by atoms with Crippen LogP contribution in [-0.4, -0.2) is 208 Å². The zero-order chi connectivity index (χ0) is 42.7. The van der Waals surface area contributed by atoms with E-state index in [1.807, 2.05) is 0 Å². The van der Waals surface area contributed by atoms with Gasteiger partial charge in [-0.2, -0.15) is 0 Å². The number of rotatable bonds is 46. The van der Waals surface area contributed by atoms with Gasteiger partial charge in [-0.3, -0.25) is 14.4 Å². The van der Waals surface area contributed by atoms with Gasteiger partial charge < -0.3 is 73.6 Å². The molecule has 22 heteroatoms. The molecule has 21 nitrogen and oxygen atoms in total. The minimum atomic E-state index is -1.01. The standard InChI is InChI=1S/C37H69BrN6O15/c38-31-36(46)41-7-9-49-11-13-51-15-17-53-19-21-55-23-25-57-27-29-59-30-28-58-26-24-56-22-20-54-18-16-52-14-12-50-10-8-44-32-33(42-43-44)4-5-35(45)40-6-2-1-3-34(39)37(47)48/h32,34H,1-31,39H2,(H,40,45)(H,41,46)(H,47,48)/t34-/m0/s1. The zero-order valence-electron chi connectivity index (χ0n) is 34.5. The maximum absolute atomic E-state index is 12.0. The van der Waals surface area contributed by atoms with Gasteiger partial charge in [0.15, 0.2) is 0 Å². The molecule has 0 aliphatic carbocycles. The van der Waals surface area contributed by atoms with Gasteiger partial charge >= 0.3 is 5.97 Å². The summed E-state index contributed by atoms with van der Waals surface area (Å²) < 4.78 is 61.9. The van der Waals surface area contributed by atoms with Crippen LogP contribution in [0.3, 0.4) is 0 Å². The van der Waals surface area contributed by atoms with Crippen LogP contribution in [0.1, 0.15) is 31.4 Å². The lowest BCUT2D eigenvalue weighted by molar-refractivity contribution is -0.138. The Morgan fingerprint density at radius 3 is 1.39 bits per heavy atom.